The topological polar surface area (TPSA) is 24.5 Å². The summed E-state index contributed by atoms with van der Waals surface area (Å²) >= 11 is 9.17. The second-order valence-electron chi connectivity index (χ2n) is 5.45. The van der Waals surface area contributed by atoms with Gasteiger partial charge in [0.25, 0.3) is 0 Å². The second kappa shape index (κ2) is 7.20. The molecule has 2 aliphatic rings. The molecule has 6 heteroatoms. The molecule has 3 rings (SSSR count). The third kappa shape index (κ3) is 3.47. The highest BCUT2D eigenvalue weighted by atomic mass is 79.9. The fourth-order valence-electron chi connectivity index (χ4n) is 3.21. The number of ether oxygens (including phenoxy) is 1. The Morgan fingerprint density at radius 1 is 1.25 bits per heavy atom. The summed E-state index contributed by atoms with van der Waals surface area (Å²) in [6.45, 7) is 6.34. The minimum atomic E-state index is 0.550. The van der Waals surface area contributed by atoms with E-state index in [1.165, 1.54) is 26.0 Å². The lowest BCUT2D eigenvalue weighted by Gasteiger charge is -2.40. The number of piperazine rings is 1. The van der Waals surface area contributed by atoms with Gasteiger partial charge in [-0.15, -0.1) is 11.3 Å². The van der Waals surface area contributed by atoms with Crippen molar-refractivity contribution in [1.82, 2.24) is 10.2 Å². The van der Waals surface area contributed by atoms with E-state index in [-0.39, 0.29) is 0 Å². The molecule has 0 radical (unpaired) electrons. The van der Waals surface area contributed by atoms with Gasteiger partial charge in [0, 0.05) is 54.8 Å². The average Bonchev–Trinajstić information content (AvgIpc) is 2.81. The van der Waals surface area contributed by atoms with Crippen LogP contribution in [0, 0.1) is 5.92 Å². The average molecular weight is 424 g/mol. The van der Waals surface area contributed by atoms with Gasteiger partial charge in [-0.05, 0) is 56.7 Å². The predicted molar refractivity (Wildman–Crippen MR) is 90.4 cm³/mol. The highest BCUT2D eigenvalue weighted by Crippen LogP contribution is 2.42. The Kier molecular flexibility index (Phi) is 5.56. The van der Waals surface area contributed by atoms with E-state index in [9.17, 15) is 0 Å². The van der Waals surface area contributed by atoms with Crippen LogP contribution in [-0.4, -0.2) is 44.3 Å². The maximum absolute atomic E-state index is 5.56. The Hall–Kier alpha value is 0.540. The van der Waals surface area contributed by atoms with Gasteiger partial charge < -0.3 is 10.1 Å². The van der Waals surface area contributed by atoms with Crippen molar-refractivity contribution in [3.05, 3.63) is 19.2 Å². The van der Waals surface area contributed by atoms with E-state index in [1.54, 1.807) is 0 Å². The lowest BCUT2D eigenvalue weighted by Crippen LogP contribution is -2.47. The van der Waals surface area contributed by atoms with Gasteiger partial charge in [0.15, 0.2) is 0 Å². The first-order chi connectivity index (χ1) is 9.75. The van der Waals surface area contributed by atoms with Crippen LogP contribution in [0.2, 0.25) is 0 Å². The molecule has 3 heterocycles. The first-order valence-electron chi connectivity index (χ1n) is 7.23. The lowest BCUT2D eigenvalue weighted by atomic mass is 9.89. The van der Waals surface area contributed by atoms with E-state index < -0.39 is 0 Å². The molecule has 1 aromatic rings. The van der Waals surface area contributed by atoms with Gasteiger partial charge in [-0.1, -0.05) is 0 Å². The van der Waals surface area contributed by atoms with E-state index in [0.29, 0.717) is 6.04 Å². The minimum absolute atomic E-state index is 0.550. The highest BCUT2D eigenvalue weighted by Gasteiger charge is 2.32. The van der Waals surface area contributed by atoms with Gasteiger partial charge in [0.05, 0.1) is 3.79 Å². The molecule has 2 aliphatic heterocycles. The molecule has 0 bridgehead atoms. The molecule has 2 saturated heterocycles. The molecule has 0 aliphatic carbocycles. The number of nitrogens with zero attached hydrogens (tertiary/aromatic N) is 1. The Morgan fingerprint density at radius 2 is 1.95 bits per heavy atom. The Morgan fingerprint density at radius 3 is 2.55 bits per heavy atom. The number of rotatable bonds is 3. The first-order valence-corrected chi connectivity index (χ1v) is 9.63. The van der Waals surface area contributed by atoms with E-state index in [4.69, 9.17) is 4.74 Å². The molecule has 0 unspecified atom stereocenters. The molecule has 1 N–H and O–H groups in total. The molecule has 20 heavy (non-hydrogen) atoms. The van der Waals surface area contributed by atoms with Crippen LogP contribution in [0.4, 0.5) is 0 Å². The van der Waals surface area contributed by atoms with Crippen LogP contribution >= 0.6 is 43.2 Å². The zero-order valence-corrected chi connectivity index (χ0v) is 15.4. The van der Waals surface area contributed by atoms with Gasteiger partial charge >= 0.3 is 0 Å². The Labute approximate surface area is 141 Å². The van der Waals surface area contributed by atoms with Crippen molar-refractivity contribution < 1.29 is 4.74 Å². The van der Waals surface area contributed by atoms with Crippen LogP contribution in [0.3, 0.4) is 0 Å². The van der Waals surface area contributed by atoms with Gasteiger partial charge in [-0.25, -0.2) is 0 Å². The molecular weight excluding hydrogens is 404 g/mol. The monoisotopic (exact) mass is 422 g/mol. The maximum atomic E-state index is 5.56. The Bertz CT molecular complexity index is 405. The number of thiophene rings is 1. The molecular formula is C14H20Br2N2OS. The Balaban J connectivity index is 1.85. The van der Waals surface area contributed by atoms with Crippen molar-refractivity contribution >= 4 is 43.2 Å². The molecule has 2 fully saturated rings. The molecule has 1 aromatic heterocycles. The first kappa shape index (κ1) is 15.4. The molecule has 0 spiro atoms. The molecule has 0 saturated carbocycles. The van der Waals surface area contributed by atoms with Crippen molar-refractivity contribution in [2.45, 2.75) is 18.9 Å². The normalized spacial score (nSPS) is 23.9. The summed E-state index contributed by atoms with van der Waals surface area (Å²) in [5.74, 6) is 0.722. The summed E-state index contributed by atoms with van der Waals surface area (Å²) < 4.78 is 7.95. The molecule has 0 aromatic carbocycles. The van der Waals surface area contributed by atoms with Crippen LogP contribution < -0.4 is 5.32 Å². The van der Waals surface area contributed by atoms with E-state index in [1.807, 2.05) is 11.3 Å². The van der Waals surface area contributed by atoms with Crippen molar-refractivity contribution in [3.8, 4) is 0 Å². The van der Waals surface area contributed by atoms with Crippen LogP contribution in [-0.2, 0) is 4.74 Å². The van der Waals surface area contributed by atoms with E-state index >= 15 is 0 Å². The largest absolute Gasteiger partial charge is 0.381 e. The lowest BCUT2D eigenvalue weighted by molar-refractivity contribution is 0.0223. The summed E-state index contributed by atoms with van der Waals surface area (Å²) in [5, 5.41) is 3.46. The molecule has 112 valence electrons. The number of hydrogen-bond acceptors (Lipinski definition) is 4. The molecule has 3 nitrogen and oxygen atoms in total. The fraction of sp³-hybridized carbons (Fsp3) is 0.714. The van der Waals surface area contributed by atoms with Crippen molar-refractivity contribution in [2.24, 2.45) is 5.92 Å². The summed E-state index contributed by atoms with van der Waals surface area (Å²) in [5.41, 5.74) is 0. The van der Waals surface area contributed by atoms with Crippen molar-refractivity contribution in [3.63, 3.8) is 0 Å². The van der Waals surface area contributed by atoms with Gasteiger partial charge in [-0.2, -0.15) is 0 Å². The zero-order valence-electron chi connectivity index (χ0n) is 11.4. The van der Waals surface area contributed by atoms with Crippen molar-refractivity contribution in [1.29, 1.82) is 0 Å². The van der Waals surface area contributed by atoms with Gasteiger partial charge in [0.2, 0.25) is 0 Å². The maximum Gasteiger partial charge on any atom is 0.0843 e. The van der Waals surface area contributed by atoms with Crippen molar-refractivity contribution in [2.75, 3.05) is 39.4 Å². The minimum Gasteiger partial charge on any atom is -0.381 e. The summed E-state index contributed by atoms with van der Waals surface area (Å²) in [6.07, 6.45) is 2.36. The standard InChI is InChI=1S/C14H20Br2N2OS/c15-11-9-12(20-14(11)16)13(10-1-7-19-8-2-10)18-5-3-17-4-6-18/h9-10,13,17H,1-8H2/t13-/m0/s1. The van der Waals surface area contributed by atoms with Crippen LogP contribution in [0.5, 0.6) is 0 Å². The fourth-order valence-corrected chi connectivity index (χ4v) is 5.53. The molecule has 1 atom stereocenters. The van der Waals surface area contributed by atoms with Crippen LogP contribution in [0.1, 0.15) is 23.8 Å². The quantitative estimate of drug-likeness (QED) is 0.802. The summed E-state index contributed by atoms with van der Waals surface area (Å²) in [7, 11) is 0. The van der Waals surface area contributed by atoms with Gasteiger partial charge in [-0.3, -0.25) is 4.90 Å². The summed E-state index contributed by atoms with van der Waals surface area (Å²) in [6, 6.07) is 2.85. The van der Waals surface area contributed by atoms with Crippen LogP contribution in [0.15, 0.2) is 14.3 Å². The van der Waals surface area contributed by atoms with E-state index in [2.05, 4.69) is 48.1 Å². The second-order valence-corrected chi connectivity index (χ2v) is 8.71. The third-order valence-corrected chi connectivity index (χ3v) is 7.54. The summed E-state index contributed by atoms with van der Waals surface area (Å²) in [4.78, 5) is 4.15. The molecule has 0 amide bonds. The number of nitrogens with one attached hydrogen (secondary N) is 1. The van der Waals surface area contributed by atoms with Gasteiger partial charge in [0.1, 0.15) is 0 Å². The van der Waals surface area contributed by atoms with E-state index in [0.717, 1.165) is 45.3 Å². The third-order valence-electron chi connectivity index (χ3n) is 4.21. The highest BCUT2D eigenvalue weighted by molar-refractivity contribution is 9.13. The predicted octanol–water partition coefficient (Wildman–Crippen LogP) is 3.65. The zero-order chi connectivity index (χ0) is 13.9. The van der Waals surface area contributed by atoms with Crippen LogP contribution in [0.25, 0.3) is 0 Å². The smallest absolute Gasteiger partial charge is 0.0843 e. The number of hydrogen-bond donors (Lipinski definition) is 1. The SMILES string of the molecule is Brc1cc([C@H](C2CCOCC2)N2CCNCC2)sc1Br. The number of halogens is 2.